The highest BCUT2D eigenvalue weighted by Gasteiger charge is 2.41. The molecule has 0 heterocycles. The number of aliphatic carboxylic acids is 1. The third kappa shape index (κ3) is 5.04. The lowest BCUT2D eigenvalue weighted by atomic mass is 9.92. The monoisotopic (exact) mass is 230 g/mol. The third-order valence-corrected chi connectivity index (χ3v) is 1.96. The summed E-state index contributed by atoms with van der Waals surface area (Å²) in [5.74, 6) is -1.75. The number of likely N-dealkylation sites (N-methyl/N-ethyl adjacent to an activating group) is 1. The first-order valence-electron chi connectivity index (χ1n) is 5.02. The summed E-state index contributed by atoms with van der Waals surface area (Å²) in [5, 5.41) is 18.8. The van der Waals surface area contributed by atoms with Crippen molar-refractivity contribution in [2.75, 3.05) is 27.7 Å². The van der Waals surface area contributed by atoms with Gasteiger partial charge in [-0.3, -0.25) is 9.59 Å². The van der Waals surface area contributed by atoms with Crippen LogP contribution in [0, 0.1) is 0 Å². The largest absolute Gasteiger partial charge is 0.481 e. The molecule has 92 valence electrons. The van der Waals surface area contributed by atoms with Crippen LogP contribution in [0.4, 0.5) is 0 Å². The van der Waals surface area contributed by atoms with Crippen molar-refractivity contribution in [1.82, 2.24) is 0 Å². The predicted molar refractivity (Wildman–Crippen MR) is 59.9 cm³/mol. The molecule has 0 aromatic heterocycles. The number of allylic oxidation sites excluding steroid dienone is 1. The predicted octanol–water partition coefficient (Wildman–Crippen LogP) is 0.0436. The topological polar surface area (TPSA) is 74.6 Å². The molecule has 0 saturated carbocycles. The smallest absolute Gasteiger partial charge is 0.307 e. The van der Waals surface area contributed by atoms with Crippen LogP contribution in [0.5, 0.6) is 0 Å². The average Bonchev–Trinajstić information content (AvgIpc) is 1.98. The van der Waals surface area contributed by atoms with Crippen molar-refractivity contribution in [2.45, 2.75) is 18.9 Å². The normalized spacial score (nSPS) is 16.1. The molecular weight excluding hydrogens is 210 g/mol. The molecule has 0 saturated heterocycles. The molecule has 0 radical (unpaired) electrons. The van der Waals surface area contributed by atoms with Crippen LogP contribution in [0.3, 0.4) is 0 Å². The van der Waals surface area contributed by atoms with Crippen LogP contribution in [0.25, 0.3) is 0 Å². The number of hydrogen-bond acceptors (Lipinski definition) is 3. The molecule has 0 aliphatic carbocycles. The second-order valence-electron chi connectivity index (χ2n) is 4.91. The van der Waals surface area contributed by atoms with E-state index in [1.165, 1.54) is 12.2 Å². The fraction of sp³-hybridized carbons (Fsp3) is 0.636. The van der Waals surface area contributed by atoms with E-state index >= 15 is 0 Å². The molecular formula is C11H20NO4+. The van der Waals surface area contributed by atoms with Gasteiger partial charge in [-0.2, -0.15) is 0 Å². The standard InChI is InChI=1S/C11H19NO4/c1-5-6-9(13)11(16,7-10(14)15)8-12(2,3)4/h5-6,16H,7-8H2,1-4H3/p+1. The van der Waals surface area contributed by atoms with E-state index in [0.717, 1.165) is 0 Å². The van der Waals surface area contributed by atoms with Gasteiger partial charge in [0.05, 0.1) is 27.6 Å². The summed E-state index contributed by atoms with van der Waals surface area (Å²) < 4.78 is 0.313. The number of carboxylic acids is 1. The molecule has 16 heavy (non-hydrogen) atoms. The van der Waals surface area contributed by atoms with Crippen molar-refractivity contribution in [3.8, 4) is 0 Å². The van der Waals surface area contributed by atoms with Crippen molar-refractivity contribution in [3.05, 3.63) is 12.2 Å². The van der Waals surface area contributed by atoms with Gasteiger partial charge < -0.3 is 14.7 Å². The van der Waals surface area contributed by atoms with Crippen LogP contribution in [0.15, 0.2) is 12.2 Å². The van der Waals surface area contributed by atoms with E-state index in [-0.39, 0.29) is 6.54 Å². The summed E-state index contributed by atoms with van der Waals surface area (Å²) in [6.07, 6.45) is 2.12. The Hall–Kier alpha value is -1.20. The van der Waals surface area contributed by atoms with Gasteiger partial charge in [0.25, 0.3) is 0 Å². The second kappa shape index (κ2) is 5.23. The summed E-state index contributed by atoms with van der Waals surface area (Å²) in [4.78, 5) is 22.3. The number of quaternary nitrogens is 1. The van der Waals surface area contributed by atoms with Gasteiger partial charge in [-0.05, 0) is 13.0 Å². The van der Waals surface area contributed by atoms with E-state index in [0.29, 0.717) is 4.48 Å². The Morgan fingerprint density at radius 2 is 1.81 bits per heavy atom. The molecule has 1 atom stereocenters. The molecule has 0 amide bonds. The Morgan fingerprint density at radius 3 is 2.12 bits per heavy atom. The number of aliphatic hydroxyl groups is 1. The highest BCUT2D eigenvalue weighted by molar-refractivity contribution is 5.99. The van der Waals surface area contributed by atoms with Gasteiger partial charge in [-0.25, -0.2) is 0 Å². The molecule has 5 nitrogen and oxygen atoms in total. The highest BCUT2D eigenvalue weighted by atomic mass is 16.4. The Morgan fingerprint density at radius 1 is 1.31 bits per heavy atom. The molecule has 0 fully saturated rings. The number of carboxylic acid groups (broad SMARTS) is 1. The Labute approximate surface area is 95.6 Å². The number of nitrogens with zero attached hydrogens (tertiary/aromatic N) is 1. The first-order chi connectivity index (χ1) is 7.10. The Kier molecular flexibility index (Phi) is 4.83. The lowest BCUT2D eigenvalue weighted by molar-refractivity contribution is -0.875. The Balaban J connectivity index is 5.02. The zero-order valence-electron chi connectivity index (χ0n) is 10.2. The van der Waals surface area contributed by atoms with Crippen molar-refractivity contribution in [2.24, 2.45) is 0 Å². The minimum Gasteiger partial charge on any atom is -0.481 e. The number of hydrogen-bond donors (Lipinski definition) is 2. The average molecular weight is 230 g/mol. The zero-order valence-corrected chi connectivity index (χ0v) is 10.2. The summed E-state index contributed by atoms with van der Waals surface area (Å²) in [5.41, 5.74) is -1.84. The maximum atomic E-state index is 11.7. The summed E-state index contributed by atoms with van der Waals surface area (Å²) in [7, 11) is 5.36. The number of ketones is 1. The first kappa shape index (κ1) is 14.8. The maximum Gasteiger partial charge on any atom is 0.307 e. The van der Waals surface area contributed by atoms with Crippen molar-refractivity contribution >= 4 is 11.8 Å². The molecule has 2 N–H and O–H groups in total. The van der Waals surface area contributed by atoms with Gasteiger partial charge in [-0.15, -0.1) is 0 Å². The lowest BCUT2D eigenvalue weighted by Gasteiger charge is -2.33. The Bertz CT molecular complexity index is 304. The van der Waals surface area contributed by atoms with Gasteiger partial charge >= 0.3 is 5.97 Å². The van der Waals surface area contributed by atoms with E-state index in [1.807, 2.05) is 0 Å². The molecule has 0 aromatic rings. The van der Waals surface area contributed by atoms with Crippen LogP contribution in [0.2, 0.25) is 0 Å². The van der Waals surface area contributed by atoms with Crippen LogP contribution in [-0.4, -0.2) is 59.7 Å². The van der Waals surface area contributed by atoms with E-state index in [1.54, 1.807) is 28.1 Å². The maximum absolute atomic E-state index is 11.7. The molecule has 0 aromatic carbocycles. The number of rotatable bonds is 6. The van der Waals surface area contributed by atoms with Gasteiger partial charge in [-0.1, -0.05) is 6.08 Å². The quantitative estimate of drug-likeness (QED) is 0.499. The number of carbonyl (C=O) groups excluding carboxylic acids is 1. The summed E-state index contributed by atoms with van der Waals surface area (Å²) in [6.45, 7) is 1.70. The minimum absolute atomic E-state index is 0.0580. The van der Waals surface area contributed by atoms with E-state index in [2.05, 4.69) is 0 Å². The van der Waals surface area contributed by atoms with Gasteiger partial charge in [0.15, 0.2) is 11.4 Å². The molecule has 5 heteroatoms. The summed E-state index contributed by atoms with van der Waals surface area (Å²) >= 11 is 0. The molecule has 0 spiro atoms. The highest BCUT2D eigenvalue weighted by Crippen LogP contribution is 2.16. The van der Waals surface area contributed by atoms with E-state index in [9.17, 15) is 14.7 Å². The fourth-order valence-electron chi connectivity index (χ4n) is 1.56. The van der Waals surface area contributed by atoms with E-state index < -0.39 is 23.8 Å². The fourth-order valence-corrected chi connectivity index (χ4v) is 1.56. The van der Waals surface area contributed by atoms with Gasteiger partial charge in [0.1, 0.15) is 6.54 Å². The van der Waals surface area contributed by atoms with Crippen LogP contribution >= 0.6 is 0 Å². The van der Waals surface area contributed by atoms with Gasteiger partial charge in [0, 0.05) is 0 Å². The van der Waals surface area contributed by atoms with Crippen LogP contribution < -0.4 is 0 Å². The van der Waals surface area contributed by atoms with Crippen LogP contribution in [-0.2, 0) is 9.59 Å². The zero-order chi connectivity index (χ0) is 13.0. The molecule has 0 rings (SSSR count). The molecule has 0 aliphatic heterocycles. The molecule has 0 bridgehead atoms. The van der Waals surface area contributed by atoms with Crippen molar-refractivity contribution in [1.29, 1.82) is 0 Å². The lowest BCUT2D eigenvalue weighted by Crippen LogP contribution is -2.54. The van der Waals surface area contributed by atoms with Gasteiger partial charge in [0.2, 0.25) is 0 Å². The van der Waals surface area contributed by atoms with Crippen LogP contribution in [0.1, 0.15) is 13.3 Å². The third-order valence-electron chi connectivity index (χ3n) is 1.96. The SMILES string of the molecule is CC=CC(=O)C(O)(CC(=O)O)C[N+](C)(C)C. The van der Waals surface area contributed by atoms with Crippen molar-refractivity contribution in [3.63, 3.8) is 0 Å². The number of carbonyl (C=O) groups is 2. The molecule has 0 aliphatic rings. The minimum atomic E-state index is -1.84. The van der Waals surface area contributed by atoms with Crippen molar-refractivity contribution < 1.29 is 24.3 Å². The molecule has 1 unspecified atom stereocenters. The second-order valence-corrected chi connectivity index (χ2v) is 4.91. The first-order valence-corrected chi connectivity index (χ1v) is 5.02. The summed E-state index contributed by atoms with van der Waals surface area (Å²) in [6, 6.07) is 0. The van der Waals surface area contributed by atoms with E-state index in [4.69, 9.17) is 5.11 Å².